The Bertz CT molecular complexity index is 497. The van der Waals surface area contributed by atoms with Crippen LogP contribution in [0, 0.1) is 0 Å². The topological polar surface area (TPSA) is 47.3 Å². The Kier molecular flexibility index (Phi) is 3.83. The molecule has 3 nitrogen and oxygen atoms in total. The largest absolute Gasteiger partial charge is 0.497 e. The van der Waals surface area contributed by atoms with Gasteiger partial charge in [0.25, 0.3) is 0 Å². The highest BCUT2D eigenvalue weighted by Gasteiger charge is 1.98. The number of methoxy groups -OCH3 is 1. The van der Waals surface area contributed by atoms with E-state index in [1.165, 1.54) is 10.8 Å². The number of benzene rings is 2. The molecule has 0 spiro atoms. The lowest BCUT2D eigenvalue weighted by Crippen LogP contribution is -2.08. The van der Waals surface area contributed by atoms with Gasteiger partial charge in [0, 0.05) is 12.2 Å². The molecule has 0 atom stereocenters. The molecule has 2 aromatic carbocycles. The summed E-state index contributed by atoms with van der Waals surface area (Å²) < 4.78 is 5.20. The summed E-state index contributed by atoms with van der Waals surface area (Å²) >= 11 is 0. The molecule has 0 amide bonds. The fourth-order valence-corrected chi connectivity index (χ4v) is 1.80. The van der Waals surface area contributed by atoms with Crippen molar-refractivity contribution in [1.82, 2.24) is 0 Å². The Balaban J connectivity index is 2.19. The van der Waals surface area contributed by atoms with Gasteiger partial charge in [-0.15, -0.1) is 0 Å². The molecule has 0 aromatic heterocycles. The van der Waals surface area contributed by atoms with Gasteiger partial charge in [0.2, 0.25) is 0 Å². The molecule has 0 heterocycles. The van der Waals surface area contributed by atoms with Crippen LogP contribution in [0.25, 0.3) is 10.8 Å². The first-order valence-electron chi connectivity index (χ1n) is 5.85. The lowest BCUT2D eigenvalue weighted by molar-refractivity contribution is 0.415. The third kappa shape index (κ3) is 2.88. The first kappa shape index (κ1) is 11.7. The van der Waals surface area contributed by atoms with Gasteiger partial charge in [0.15, 0.2) is 0 Å². The van der Waals surface area contributed by atoms with Crippen LogP contribution < -0.4 is 15.8 Å². The molecular formula is C14H18N2O. The number of ether oxygens (including phenoxy) is 1. The standard InChI is InChI=1S/C14H18N2O/c1-17-14-6-4-11-9-13(16-8-2-7-15)5-3-12(11)10-14/h3-6,9-10,16H,2,7-8,15H2,1H3. The summed E-state index contributed by atoms with van der Waals surface area (Å²) in [5.41, 5.74) is 6.60. The van der Waals surface area contributed by atoms with Crippen molar-refractivity contribution in [2.24, 2.45) is 5.73 Å². The van der Waals surface area contributed by atoms with Crippen LogP contribution in [0.15, 0.2) is 36.4 Å². The zero-order chi connectivity index (χ0) is 12.1. The number of nitrogens with two attached hydrogens (primary N) is 1. The van der Waals surface area contributed by atoms with E-state index in [9.17, 15) is 0 Å². The fourth-order valence-electron chi connectivity index (χ4n) is 1.80. The van der Waals surface area contributed by atoms with Gasteiger partial charge >= 0.3 is 0 Å². The number of fused-ring (bicyclic) bond motifs is 1. The second-order valence-electron chi connectivity index (χ2n) is 4.00. The van der Waals surface area contributed by atoms with Gasteiger partial charge in [-0.25, -0.2) is 0 Å². The van der Waals surface area contributed by atoms with E-state index in [2.05, 4.69) is 29.6 Å². The molecule has 0 fully saturated rings. The van der Waals surface area contributed by atoms with E-state index in [-0.39, 0.29) is 0 Å². The molecule has 0 radical (unpaired) electrons. The van der Waals surface area contributed by atoms with Crippen molar-refractivity contribution in [1.29, 1.82) is 0 Å². The van der Waals surface area contributed by atoms with E-state index in [0.29, 0.717) is 0 Å². The third-order valence-electron chi connectivity index (χ3n) is 2.76. The Hall–Kier alpha value is -1.74. The normalized spacial score (nSPS) is 10.5. The zero-order valence-electron chi connectivity index (χ0n) is 10.1. The minimum Gasteiger partial charge on any atom is -0.497 e. The van der Waals surface area contributed by atoms with E-state index in [1.807, 2.05) is 12.1 Å². The van der Waals surface area contributed by atoms with E-state index in [0.717, 1.165) is 30.9 Å². The van der Waals surface area contributed by atoms with Crippen molar-refractivity contribution in [3.05, 3.63) is 36.4 Å². The first-order chi connectivity index (χ1) is 8.33. The summed E-state index contributed by atoms with van der Waals surface area (Å²) in [6.07, 6.45) is 0.987. The summed E-state index contributed by atoms with van der Waals surface area (Å²) in [5.74, 6) is 0.890. The third-order valence-corrected chi connectivity index (χ3v) is 2.76. The summed E-state index contributed by atoms with van der Waals surface area (Å²) in [6, 6.07) is 12.4. The van der Waals surface area contributed by atoms with Crippen molar-refractivity contribution in [2.45, 2.75) is 6.42 Å². The summed E-state index contributed by atoms with van der Waals surface area (Å²) in [4.78, 5) is 0. The molecule has 2 aromatic rings. The van der Waals surface area contributed by atoms with Crippen molar-refractivity contribution in [3.63, 3.8) is 0 Å². The second kappa shape index (κ2) is 5.55. The van der Waals surface area contributed by atoms with Crippen LogP contribution in [-0.4, -0.2) is 20.2 Å². The lowest BCUT2D eigenvalue weighted by Gasteiger charge is -2.07. The maximum atomic E-state index is 5.46. The minimum absolute atomic E-state index is 0.720. The van der Waals surface area contributed by atoms with Crippen LogP contribution in [-0.2, 0) is 0 Å². The van der Waals surface area contributed by atoms with Gasteiger partial charge in [0.1, 0.15) is 5.75 Å². The maximum Gasteiger partial charge on any atom is 0.119 e. The number of hydrogen-bond donors (Lipinski definition) is 2. The highest BCUT2D eigenvalue weighted by atomic mass is 16.5. The Labute approximate surface area is 102 Å². The van der Waals surface area contributed by atoms with Crippen molar-refractivity contribution < 1.29 is 4.74 Å². The predicted octanol–water partition coefficient (Wildman–Crippen LogP) is 2.61. The van der Waals surface area contributed by atoms with Crippen molar-refractivity contribution in [3.8, 4) is 5.75 Å². The van der Waals surface area contributed by atoms with Gasteiger partial charge in [-0.2, -0.15) is 0 Å². The fraction of sp³-hybridized carbons (Fsp3) is 0.286. The number of anilines is 1. The molecule has 3 heteroatoms. The average molecular weight is 230 g/mol. The second-order valence-corrected chi connectivity index (χ2v) is 4.00. The SMILES string of the molecule is COc1ccc2cc(NCCCN)ccc2c1. The highest BCUT2D eigenvalue weighted by molar-refractivity contribution is 5.86. The van der Waals surface area contributed by atoms with E-state index in [4.69, 9.17) is 10.5 Å². The van der Waals surface area contributed by atoms with Gasteiger partial charge in [0.05, 0.1) is 7.11 Å². The van der Waals surface area contributed by atoms with Crippen LogP contribution in [0.1, 0.15) is 6.42 Å². The summed E-state index contributed by atoms with van der Waals surface area (Å²) in [6.45, 7) is 1.63. The molecular weight excluding hydrogens is 212 g/mol. The van der Waals surface area contributed by atoms with Crippen LogP contribution >= 0.6 is 0 Å². The van der Waals surface area contributed by atoms with Gasteiger partial charge in [-0.05, 0) is 48.0 Å². The van der Waals surface area contributed by atoms with Gasteiger partial charge in [-0.1, -0.05) is 12.1 Å². The van der Waals surface area contributed by atoms with E-state index in [1.54, 1.807) is 7.11 Å². The lowest BCUT2D eigenvalue weighted by atomic mass is 10.1. The van der Waals surface area contributed by atoms with Crippen LogP contribution in [0.4, 0.5) is 5.69 Å². The monoisotopic (exact) mass is 230 g/mol. The molecule has 0 unspecified atom stereocenters. The molecule has 0 saturated carbocycles. The van der Waals surface area contributed by atoms with Gasteiger partial charge in [-0.3, -0.25) is 0 Å². The molecule has 90 valence electrons. The summed E-state index contributed by atoms with van der Waals surface area (Å²) in [5, 5.41) is 5.76. The van der Waals surface area contributed by atoms with Crippen molar-refractivity contribution in [2.75, 3.05) is 25.5 Å². The molecule has 17 heavy (non-hydrogen) atoms. The molecule has 0 aliphatic rings. The predicted molar refractivity (Wildman–Crippen MR) is 72.7 cm³/mol. The highest BCUT2D eigenvalue weighted by Crippen LogP contribution is 2.23. The summed E-state index contributed by atoms with van der Waals surface area (Å²) in [7, 11) is 1.68. The molecule has 0 aliphatic carbocycles. The average Bonchev–Trinajstić information content (AvgIpc) is 2.38. The van der Waals surface area contributed by atoms with Crippen LogP contribution in [0.5, 0.6) is 5.75 Å². The smallest absolute Gasteiger partial charge is 0.119 e. The van der Waals surface area contributed by atoms with Gasteiger partial charge < -0.3 is 15.8 Å². The quantitative estimate of drug-likeness (QED) is 0.776. The van der Waals surface area contributed by atoms with E-state index < -0.39 is 0 Å². The molecule has 2 rings (SSSR count). The maximum absolute atomic E-state index is 5.46. The van der Waals surface area contributed by atoms with Crippen LogP contribution in [0.2, 0.25) is 0 Å². The Morgan fingerprint density at radius 2 is 1.88 bits per heavy atom. The molecule has 0 bridgehead atoms. The number of hydrogen-bond acceptors (Lipinski definition) is 3. The minimum atomic E-state index is 0.720. The van der Waals surface area contributed by atoms with E-state index >= 15 is 0 Å². The van der Waals surface area contributed by atoms with Crippen LogP contribution in [0.3, 0.4) is 0 Å². The molecule has 0 saturated heterocycles. The zero-order valence-corrected chi connectivity index (χ0v) is 10.1. The van der Waals surface area contributed by atoms with Crippen molar-refractivity contribution >= 4 is 16.5 Å². The first-order valence-corrected chi connectivity index (χ1v) is 5.85. The number of rotatable bonds is 5. The molecule has 3 N–H and O–H groups in total. The Morgan fingerprint density at radius 3 is 2.65 bits per heavy atom. The number of nitrogens with one attached hydrogen (secondary N) is 1. The molecule has 0 aliphatic heterocycles. The Morgan fingerprint density at radius 1 is 1.12 bits per heavy atom.